The van der Waals surface area contributed by atoms with E-state index in [1.165, 1.54) is 7.05 Å². The third-order valence-electron chi connectivity index (χ3n) is 1.89. The van der Waals surface area contributed by atoms with Crippen molar-refractivity contribution >= 4 is 35.7 Å². The molecular weight excluding hydrogens is 234 g/mol. The van der Waals surface area contributed by atoms with E-state index in [0.717, 1.165) is 16.0 Å². The molecule has 0 saturated heterocycles. The van der Waals surface area contributed by atoms with Gasteiger partial charge in [0.1, 0.15) is 4.99 Å². The Labute approximate surface area is 100 Å². The summed E-state index contributed by atoms with van der Waals surface area (Å²) in [4.78, 5) is 12.0. The van der Waals surface area contributed by atoms with Gasteiger partial charge in [-0.3, -0.25) is 4.90 Å². The fourth-order valence-electron chi connectivity index (χ4n) is 0.977. The minimum absolute atomic E-state index is 0. The normalized spacial score (nSPS) is 8.93. The lowest BCUT2D eigenvalue weighted by atomic mass is 10.1. The molecule has 15 heavy (non-hydrogen) atoms. The van der Waals surface area contributed by atoms with Gasteiger partial charge in [0.15, 0.2) is 0 Å². The van der Waals surface area contributed by atoms with Gasteiger partial charge in [0.2, 0.25) is 0 Å². The van der Waals surface area contributed by atoms with Crippen LogP contribution < -0.4 is 0 Å². The molecule has 0 heterocycles. The van der Waals surface area contributed by atoms with Gasteiger partial charge in [-0.1, -0.05) is 42.0 Å². The largest absolute Gasteiger partial charge is 0.465 e. The Kier molecular flexibility index (Phi) is 5.25. The smallest absolute Gasteiger partial charge is 0.412 e. The van der Waals surface area contributed by atoms with Gasteiger partial charge in [-0.05, 0) is 6.92 Å². The Morgan fingerprint density at radius 1 is 1.33 bits per heavy atom. The van der Waals surface area contributed by atoms with Crippen molar-refractivity contribution in [3.63, 3.8) is 0 Å². The summed E-state index contributed by atoms with van der Waals surface area (Å²) in [6.07, 6.45) is -1.05. The number of benzene rings is 1. The molecule has 0 saturated carbocycles. The maximum Gasteiger partial charge on any atom is 0.412 e. The lowest BCUT2D eigenvalue weighted by Crippen LogP contribution is -2.30. The molecule has 82 valence electrons. The standard InChI is InChI=1S/C10H11NO2S.ClH/c1-7-3-5-8(6-4-7)9(14)11(2)10(12)13;/h3-6H,1-2H3,(H,12,13);1H. The van der Waals surface area contributed by atoms with Crippen LogP contribution in [0.2, 0.25) is 0 Å². The van der Waals surface area contributed by atoms with Crippen LogP contribution in [0.5, 0.6) is 0 Å². The van der Waals surface area contributed by atoms with Crippen LogP contribution >= 0.6 is 24.6 Å². The zero-order valence-corrected chi connectivity index (χ0v) is 10.1. The fourth-order valence-corrected chi connectivity index (χ4v) is 1.19. The highest BCUT2D eigenvalue weighted by Gasteiger charge is 2.12. The van der Waals surface area contributed by atoms with E-state index < -0.39 is 6.09 Å². The number of rotatable bonds is 1. The van der Waals surface area contributed by atoms with Crippen LogP contribution in [0.25, 0.3) is 0 Å². The van der Waals surface area contributed by atoms with Crippen LogP contribution in [-0.4, -0.2) is 28.1 Å². The maximum atomic E-state index is 10.6. The van der Waals surface area contributed by atoms with Crippen LogP contribution in [0.1, 0.15) is 11.1 Å². The topological polar surface area (TPSA) is 40.5 Å². The molecule has 1 N–H and O–H groups in total. The second-order valence-corrected chi connectivity index (χ2v) is 3.40. The molecule has 0 aliphatic carbocycles. The first-order valence-corrected chi connectivity index (χ1v) is 4.51. The predicted octanol–water partition coefficient (Wildman–Crippen LogP) is 2.70. The monoisotopic (exact) mass is 245 g/mol. The maximum absolute atomic E-state index is 10.6. The Bertz CT molecular complexity index is 364. The number of nitrogens with zero attached hydrogens (tertiary/aromatic N) is 1. The summed E-state index contributed by atoms with van der Waals surface area (Å²) >= 11 is 5.01. The van der Waals surface area contributed by atoms with E-state index in [-0.39, 0.29) is 12.4 Å². The highest BCUT2D eigenvalue weighted by molar-refractivity contribution is 7.80. The fraction of sp³-hybridized carbons (Fsp3) is 0.200. The van der Waals surface area contributed by atoms with Crippen molar-refractivity contribution < 1.29 is 9.90 Å². The number of thiocarbonyl (C=S) groups is 1. The molecule has 0 aliphatic rings. The predicted molar refractivity (Wildman–Crippen MR) is 65.9 cm³/mol. The Morgan fingerprint density at radius 3 is 2.20 bits per heavy atom. The summed E-state index contributed by atoms with van der Waals surface area (Å²) in [5, 5.41) is 8.71. The first-order valence-electron chi connectivity index (χ1n) is 4.10. The number of aryl methyl sites for hydroxylation is 1. The van der Waals surface area contributed by atoms with E-state index in [2.05, 4.69) is 0 Å². The molecule has 1 aromatic carbocycles. The van der Waals surface area contributed by atoms with Gasteiger partial charge in [0.25, 0.3) is 0 Å². The average Bonchev–Trinajstić information content (AvgIpc) is 2.16. The Morgan fingerprint density at radius 2 is 1.80 bits per heavy atom. The van der Waals surface area contributed by atoms with Gasteiger partial charge >= 0.3 is 6.09 Å². The van der Waals surface area contributed by atoms with Gasteiger partial charge in [0.05, 0.1) is 0 Å². The van der Waals surface area contributed by atoms with Crippen LogP contribution in [0.15, 0.2) is 24.3 Å². The van der Waals surface area contributed by atoms with E-state index in [1.54, 1.807) is 0 Å². The molecule has 1 amide bonds. The average molecular weight is 246 g/mol. The van der Waals surface area contributed by atoms with Crippen LogP contribution in [-0.2, 0) is 0 Å². The summed E-state index contributed by atoms with van der Waals surface area (Å²) in [6, 6.07) is 7.43. The number of hydrogen-bond acceptors (Lipinski definition) is 2. The second-order valence-electron chi connectivity index (χ2n) is 3.01. The molecule has 0 aliphatic heterocycles. The summed E-state index contributed by atoms with van der Waals surface area (Å²) in [5.41, 5.74) is 1.87. The van der Waals surface area contributed by atoms with Gasteiger partial charge in [-0.15, -0.1) is 12.4 Å². The highest BCUT2D eigenvalue weighted by atomic mass is 35.5. The first-order chi connectivity index (χ1) is 6.52. The Balaban J connectivity index is 0.00000196. The molecule has 0 bridgehead atoms. The molecule has 3 nitrogen and oxygen atoms in total. The molecule has 1 aromatic rings. The lowest BCUT2D eigenvalue weighted by molar-refractivity contribution is 0.176. The molecule has 0 spiro atoms. The van der Waals surface area contributed by atoms with Gasteiger partial charge in [-0.2, -0.15) is 0 Å². The summed E-state index contributed by atoms with van der Waals surface area (Å²) in [7, 11) is 1.44. The van der Waals surface area contributed by atoms with E-state index in [0.29, 0.717) is 4.99 Å². The van der Waals surface area contributed by atoms with E-state index in [1.807, 2.05) is 31.2 Å². The molecule has 0 radical (unpaired) electrons. The molecule has 1 rings (SSSR count). The van der Waals surface area contributed by atoms with Gasteiger partial charge in [0, 0.05) is 12.6 Å². The second kappa shape index (κ2) is 5.68. The van der Waals surface area contributed by atoms with E-state index in [9.17, 15) is 4.79 Å². The van der Waals surface area contributed by atoms with Crippen molar-refractivity contribution in [1.82, 2.24) is 4.90 Å². The zero-order chi connectivity index (χ0) is 10.7. The van der Waals surface area contributed by atoms with E-state index in [4.69, 9.17) is 17.3 Å². The van der Waals surface area contributed by atoms with Crippen molar-refractivity contribution in [3.8, 4) is 0 Å². The minimum atomic E-state index is -1.05. The number of halogens is 1. The highest BCUT2D eigenvalue weighted by Crippen LogP contribution is 2.07. The van der Waals surface area contributed by atoms with Crippen LogP contribution in [0.3, 0.4) is 0 Å². The zero-order valence-electron chi connectivity index (χ0n) is 8.43. The minimum Gasteiger partial charge on any atom is -0.465 e. The summed E-state index contributed by atoms with van der Waals surface area (Å²) < 4.78 is 0. The summed E-state index contributed by atoms with van der Waals surface area (Å²) in [6.45, 7) is 1.97. The third-order valence-corrected chi connectivity index (χ3v) is 2.40. The van der Waals surface area contributed by atoms with Crippen molar-refractivity contribution in [2.45, 2.75) is 6.92 Å². The van der Waals surface area contributed by atoms with Crippen molar-refractivity contribution in [3.05, 3.63) is 35.4 Å². The van der Waals surface area contributed by atoms with Crippen molar-refractivity contribution in [2.24, 2.45) is 0 Å². The van der Waals surface area contributed by atoms with Gasteiger partial charge in [-0.25, -0.2) is 4.79 Å². The number of hydrogen-bond donors (Lipinski definition) is 1. The molecule has 5 heteroatoms. The van der Waals surface area contributed by atoms with Crippen LogP contribution in [0, 0.1) is 6.92 Å². The van der Waals surface area contributed by atoms with Crippen molar-refractivity contribution in [2.75, 3.05) is 7.05 Å². The molecule has 0 atom stereocenters. The first kappa shape index (κ1) is 13.9. The Hall–Kier alpha value is -1.13. The van der Waals surface area contributed by atoms with Gasteiger partial charge < -0.3 is 5.11 Å². The molecule has 0 aromatic heterocycles. The van der Waals surface area contributed by atoms with Crippen LogP contribution in [0.4, 0.5) is 4.79 Å². The summed E-state index contributed by atoms with van der Waals surface area (Å²) in [5.74, 6) is 0. The SMILES string of the molecule is Cc1ccc(C(=S)N(C)C(=O)O)cc1.Cl. The number of amides is 1. The number of carboxylic acid groups (broad SMARTS) is 1. The van der Waals surface area contributed by atoms with E-state index >= 15 is 0 Å². The molecular formula is C10H12ClNO2S. The quantitative estimate of drug-likeness (QED) is 0.774. The number of carbonyl (C=O) groups is 1. The molecule has 0 unspecified atom stereocenters. The molecule has 0 fully saturated rings. The third kappa shape index (κ3) is 3.49. The van der Waals surface area contributed by atoms with Crippen molar-refractivity contribution in [1.29, 1.82) is 0 Å². The lowest BCUT2D eigenvalue weighted by Gasteiger charge is -2.14.